The van der Waals surface area contributed by atoms with Crippen LogP contribution in [0, 0.1) is 5.92 Å². The first-order valence-electron chi connectivity index (χ1n) is 8.84. The molecule has 0 spiro atoms. The molecule has 0 saturated heterocycles. The van der Waals surface area contributed by atoms with Crippen molar-refractivity contribution < 1.29 is 4.79 Å². The van der Waals surface area contributed by atoms with Gasteiger partial charge in [-0.25, -0.2) is 0 Å². The normalized spacial score (nSPS) is 12.8. The second kappa shape index (κ2) is 9.49. The lowest BCUT2D eigenvalue weighted by Gasteiger charge is -2.19. The first-order chi connectivity index (χ1) is 11.9. The van der Waals surface area contributed by atoms with E-state index in [1.54, 1.807) is 11.8 Å². The molecule has 25 heavy (non-hydrogen) atoms. The first kappa shape index (κ1) is 20.1. The van der Waals surface area contributed by atoms with Gasteiger partial charge in [0.05, 0.1) is 0 Å². The van der Waals surface area contributed by atoms with E-state index in [1.807, 2.05) is 25.1 Å². The lowest BCUT2D eigenvalue weighted by atomic mass is 9.87. The number of thioether (sulfide) groups is 2. The minimum Gasteiger partial charge on any atom is -0.287 e. The zero-order valence-electron chi connectivity index (χ0n) is 15.6. The molecular weight excluding hydrogens is 344 g/mol. The molecule has 2 aromatic carbocycles. The minimum atomic E-state index is 0.0552. The van der Waals surface area contributed by atoms with Crippen LogP contribution in [0.15, 0.2) is 59.5 Å². The van der Waals surface area contributed by atoms with Gasteiger partial charge in [-0.05, 0) is 40.8 Å². The summed E-state index contributed by atoms with van der Waals surface area (Å²) in [7, 11) is 0. The second-order valence-electron chi connectivity index (χ2n) is 7.22. The molecule has 2 aromatic rings. The largest absolute Gasteiger partial charge is 0.287 e. The van der Waals surface area contributed by atoms with Crippen molar-refractivity contribution in [2.75, 3.05) is 11.5 Å². The van der Waals surface area contributed by atoms with Crippen molar-refractivity contribution in [3.8, 4) is 0 Å². The summed E-state index contributed by atoms with van der Waals surface area (Å²) in [6, 6.07) is 19.1. The summed E-state index contributed by atoms with van der Waals surface area (Å²) in [6.45, 7) is 8.73. The molecule has 0 fully saturated rings. The molecule has 0 heterocycles. The number of hydrogen-bond acceptors (Lipinski definition) is 3. The van der Waals surface area contributed by atoms with Crippen LogP contribution in [0.4, 0.5) is 0 Å². The van der Waals surface area contributed by atoms with Crippen LogP contribution in [0.2, 0.25) is 0 Å². The number of rotatable bonds is 7. The average molecular weight is 373 g/mol. The molecule has 0 aliphatic carbocycles. The van der Waals surface area contributed by atoms with Crippen LogP contribution >= 0.6 is 23.5 Å². The van der Waals surface area contributed by atoms with Crippen LogP contribution in [0.1, 0.15) is 38.8 Å². The van der Waals surface area contributed by atoms with Crippen molar-refractivity contribution in [3.63, 3.8) is 0 Å². The molecule has 2 rings (SSSR count). The van der Waals surface area contributed by atoms with E-state index in [0.29, 0.717) is 5.12 Å². The molecule has 0 bridgehead atoms. The molecule has 0 aliphatic heterocycles. The average Bonchev–Trinajstić information content (AvgIpc) is 2.59. The Labute approximate surface area is 161 Å². The van der Waals surface area contributed by atoms with Crippen molar-refractivity contribution in [3.05, 3.63) is 65.7 Å². The number of benzene rings is 2. The lowest BCUT2D eigenvalue weighted by Crippen LogP contribution is -2.17. The molecule has 0 aliphatic rings. The molecule has 3 heteroatoms. The summed E-state index contributed by atoms with van der Waals surface area (Å²) in [6.07, 6.45) is 0.819. The van der Waals surface area contributed by atoms with E-state index in [1.165, 1.54) is 27.8 Å². The maximum Gasteiger partial charge on any atom is 0.193 e. The molecule has 134 valence electrons. The third-order valence-corrected chi connectivity index (χ3v) is 6.20. The molecule has 0 N–H and O–H groups in total. The number of carbonyl (C=O) groups excluding carboxylic acids is 1. The second-order valence-corrected chi connectivity index (χ2v) is 9.59. The standard InChI is InChI=1S/C22H28OS2/c1-5-24-21(23)18(15-17-9-7-6-8-10-17)16-25-20-13-11-19(12-14-20)22(2,3)4/h6-14,18H,5,15-16H2,1-4H3/t18-/m0/s1. The van der Waals surface area contributed by atoms with Crippen LogP contribution in [0.3, 0.4) is 0 Å². The fourth-order valence-corrected chi connectivity index (χ4v) is 4.40. The predicted molar refractivity (Wildman–Crippen MR) is 113 cm³/mol. The summed E-state index contributed by atoms with van der Waals surface area (Å²) in [5.41, 5.74) is 2.75. The van der Waals surface area contributed by atoms with Crippen molar-refractivity contribution in [1.29, 1.82) is 0 Å². The van der Waals surface area contributed by atoms with Crippen LogP contribution in [-0.4, -0.2) is 16.6 Å². The van der Waals surface area contributed by atoms with E-state index in [4.69, 9.17) is 0 Å². The molecule has 0 amide bonds. The molecular formula is C22H28OS2. The highest BCUT2D eigenvalue weighted by molar-refractivity contribution is 8.13. The third-order valence-electron chi connectivity index (χ3n) is 4.12. The minimum absolute atomic E-state index is 0.0552. The van der Waals surface area contributed by atoms with Crippen molar-refractivity contribution in [2.45, 2.75) is 44.4 Å². The fraction of sp³-hybridized carbons (Fsp3) is 0.409. The van der Waals surface area contributed by atoms with Crippen molar-refractivity contribution in [2.24, 2.45) is 5.92 Å². The Morgan fingerprint density at radius 2 is 1.64 bits per heavy atom. The van der Waals surface area contributed by atoms with Gasteiger partial charge in [0.15, 0.2) is 5.12 Å². The zero-order chi connectivity index (χ0) is 18.3. The Morgan fingerprint density at radius 1 is 1.00 bits per heavy atom. The van der Waals surface area contributed by atoms with Gasteiger partial charge in [-0.1, -0.05) is 81.9 Å². The van der Waals surface area contributed by atoms with Gasteiger partial charge >= 0.3 is 0 Å². The SMILES string of the molecule is CCSC(=O)[C@H](CSc1ccc(C(C)(C)C)cc1)Cc1ccccc1. The van der Waals surface area contributed by atoms with E-state index in [9.17, 15) is 4.79 Å². The highest BCUT2D eigenvalue weighted by Gasteiger charge is 2.20. The first-order valence-corrected chi connectivity index (χ1v) is 10.8. The lowest BCUT2D eigenvalue weighted by molar-refractivity contribution is -0.113. The smallest absolute Gasteiger partial charge is 0.193 e. The Balaban J connectivity index is 2.02. The van der Waals surface area contributed by atoms with E-state index in [-0.39, 0.29) is 11.3 Å². The van der Waals surface area contributed by atoms with Gasteiger partial charge in [0.25, 0.3) is 0 Å². The van der Waals surface area contributed by atoms with Crippen molar-refractivity contribution in [1.82, 2.24) is 0 Å². The Morgan fingerprint density at radius 3 is 2.20 bits per heavy atom. The van der Waals surface area contributed by atoms with Crippen LogP contribution in [-0.2, 0) is 16.6 Å². The summed E-state index contributed by atoms with van der Waals surface area (Å²) < 4.78 is 0. The Hall–Kier alpha value is -1.19. The van der Waals surface area contributed by atoms with Crippen LogP contribution < -0.4 is 0 Å². The summed E-state index contributed by atoms with van der Waals surface area (Å²) in [5.74, 6) is 1.73. The highest BCUT2D eigenvalue weighted by Crippen LogP contribution is 2.28. The zero-order valence-corrected chi connectivity index (χ0v) is 17.3. The van der Waals surface area contributed by atoms with Gasteiger partial charge in [0.1, 0.15) is 0 Å². The van der Waals surface area contributed by atoms with Crippen LogP contribution in [0.25, 0.3) is 0 Å². The van der Waals surface area contributed by atoms with Crippen molar-refractivity contribution >= 4 is 28.6 Å². The third kappa shape index (κ3) is 6.56. The van der Waals surface area contributed by atoms with Crippen LogP contribution in [0.5, 0.6) is 0 Å². The number of carbonyl (C=O) groups is 1. The quantitative estimate of drug-likeness (QED) is 0.537. The van der Waals surface area contributed by atoms with E-state index in [0.717, 1.165) is 17.9 Å². The molecule has 0 aromatic heterocycles. The maximum absolute atomic E-state index is 12.5. The molecule has 0 radical (unpaired) electrons. The van der Waals surface area contributed by atoms with E-state index in [2.05, 4.69) is 57.2 Å². The summed E-state index contributed by atoms with van der Waals surface area (Å²) >= 11 is 3.23. The molecule has 1 atom stereocenters. The number of hydrogen-bond donors (Lipinski definition) is 0. The maximum atomic E-state index is 12.5. The van der Waals surface area contributed by atoms with Gasteiger partial charge in [-0.3, -0.25) is 4.79 Å². The summed E-state index contributed by atoms with van der Waals surface area (Å²) in [5, 5.41) is 0.310. The fourth-order valence-electron chi connectivity index (χ4n) is 2.62. The Kier molecular flexibility index (Phi) is 7.64. The predicted octanol–water partition coefficient (Wildman–Crippen LogP) is 6.21. The monoisotopic (exact) mass is 372 g/mol. The highest BCUT2D eigenvalue weighted by atomic mass is 32.2. The van der Waals surface area contributed by atoms with Gasteiger partial charge in [-0.2, -0.15) is 0 Å². The van der Waals surface area contributed by atoms with E-state index < -0.39 is 0 Å². The topological polar surface area (TPSA) is 17.1 Å². The van der Waals surface area contributed by atoms with Gasteiger partial charge < -0.3 is 0 Å². The molecule has 0 unspecified atom stereocenters. The van der Waals surface area contributed by atoms with Gasteiger partial charge in [-0.15, -0.1) is 11.8 Å². The van der Waals surface area contributed by atoms with E-state index >= 15 is 0 Å². The summed E-state index contributed by atoms with van der Waals surface area (Å²) in [4.78, 5) is 13.7. The molecule has 1 nitrogen and oxygen atoms in total. The Bertz CT molecular complexity index is 657. The molecule has 0 saturated carbocycles. The van der Waals surface area contributed by atoms with Gasteiger partial charge in [0, 0.05) is 16.6 Å². The van der Waals surface area contributed by atoms with Gasteiger partial charge in [0.2, 0.25) is 0 Å².